The van der Waals surface area contributed by atoms with Gasteiger partial charge in [0.1, 0.15) is 21.6 Å². The Kier molecular flexibility index (Phi) is 7.09. The number of thiophene rings is 1. The molecular formula is C20H14N4O8S2. The lowest BCUT2D eigenvalue weighted by molar-refractivity contribution is -0.384. The number of carbonyl (C=O) groups excluding carboxylic acids is 2. The minimum atomic E-state index is -3.90. The molecule has 0 bridgehead atoms. The van der Waals surface area contributed by atoms with Crippen molar-refractivity contribution in [3.05, 3.63) is 75.2 Å². The second-order valence-corrected chi connectivity index (χ2v) is 9.35. The summed E-state index contributed by atoms with van der Waals surface area (Å²) in [5, 5.41) is 33.7. The van der Waals surface area contributed by atoms with Crippen LogP contribution in [-0.2, 0) is 19.6 Å². The maximum atomic E-state index is 12.3. The molecule has 0 aliphatic rings. The lowest BCUT2D eigenvalue weighted by atomic mass is 10.1. The highest BCUT2D eigenvalue weighted by molar-refractivity contribution is 7.94. The molecule has 0 saturated heterocycles. The average molecular weight is 502 g/mol. The summed E-state index contributed by atoms with van der Waals surface area (Å²) >= 11 is 0.990. The number of sulfonamides is 1. The monoisotopic (exact) mass is 502 g/mol. The zero-order chi connectivity index (χ0) is 24.9. The molecular weight excluding hydrogens is 488 g/mol. The van der Waals surface area contributed by atoms with Crippen LogP contribution in [-0.4, -0.2) is 36.9 Å². The van der Waals surface area contributed by atoms with Crippen LogP contribution >= 0.6 is 11.3 Å². The van der Waals surface area contributed by atoms with Gasteiger partial charge in [0.2, 0.25) is 0 Å². The molecule has 1 aromatic heterocycles. The number of nitro groups is 1. The number of phenolic OH excluding ortho intramolecular Hbond substituents is 1. The van der Waals surface area contributed by atoms with Gasteiger partial charge in [0.15, 0.2) is 6.61 Å². The molecule has 0 saturated carbocycles. The van der Waals surface area contributed by atoms with Gasteiger partial charge in [-0.1, -0.05) is 6.07 Å². The number of nitriles is 1. The summed E-state index contributed by atoms with van der Waals surface area (Å²) in [7, 11) is -3.90. The van der Waals surface area contributed by atoms with Crippen molar-refractivity contribution in [1.82, 2.24) is 0 Å². The first-order valence-corrected chi connectivity index (χ1v) is 11.5. The van der Waals surface area contributed by atoms with Crippen molar-refractivity contribution in [2.24, 2.45) is 0 Å². The molecule has 1 amide bonds. The summed E-state index contributed by atoms with van der Waals surface area (Å²) < 4.78 is 31.8. The number of phenols is 1. The molecule has 0 aliphatic heterocycles. The van der Waals surface area contributed by atoms with E-state index < -0.39 is 44.7 Å². The number of nitrogens with zero attached hydrogens (tertiary/aromatic N) is 2. The number of carbonyl (C=O) groups is 2. The van der Waals surface area contributed by atoms with Crippen LogP contribution in [0.25, 0.3) is 0 Å². The third kappa shape index (κ3) is 5.65. The zero-order valence-electron chi connectivity index (χ0n) is 16.9. The Labute approximate surface area is 196 Å². The van der Waals surface area contributed by atoms with Crippen molar-refractivity contribution in [2.75, 3.05) is 16.6 Å². The van der Waals surface area contributed by atoms with E-state index in [1.807, 2.05) is 0 Å². The molecule has 0 atom stereocenters. The molecule has 0 aliphatic carbocycles. The van der Waals surface area contributed by atoms with E-state index in [9.17, 15) is 33.2 Å². The summed E-state index contributed by atoms with van der Waals surface area (Å²) in [6.45, 7) is -0.814. The largest absolute Gasteiger partial charge is 0.507 e. The molecule has 12 nitrogen and oxygen atoms in total. The van der Waals surface area contributed by atoms with Crippen molar-refractivity contribution in [1.29, 1.82) is 5.26 Å². The lowest BCUT2D eigenvalue weighted by Crippen LogP contribution is -2.21. The molecule has 34 heavy (non-hydrogen) atoms. The molecule has 14 heteroatoms. The van der Waals surface area contributed by atoms with Crippen molar-refractivity contribution in [2.45, 2.75) is 4.21 Å². The Bertz CT molecular complexity index is 1410. The van der Waals surface area contributed by atoms with Crippen LogP contribution in [0, 0.1) is 21.4 Å². The van der Waals surface area contributed by atoms with Gasteiger partial charge in [-0.3, -0.25) is 19.6 Å². The fourth-order valence-electron chi connectivity index (χ4n) is 2.63. The number of rotatable bonds is 8. The third-order valence-electron chi connectivity index (χ3n) is 4.17. The standard InChI is InChI=1S/C20H14N4O8S2/c21-10-12-8-14(24(28)29)4-5-16(12)22-18(26)11-32-20(27)15-9-13(3-6-17(15)25)23-34(30,31)19-2-1-7-33-19/h1-9,23,25H,11H2,(H,22,26). The van der Waals surface area contributed by atoms with E-state index in [-0.39, 0.29) is 26.8 Å². The van der Waals surface area contributed by atoms with E-state index in [1.54, 1.807) is 17.5 Å². The van der Waals surface area contributed by atoms with Gasteiger partial charge < -0.3 is 15.2 Å². The second-order valence-electron chi connectivity index (χ2n) is 6.49. The number of esters is 1. The van der Waals surface area contributed by atoms with Gasteiger partial charge in [-0.15, -0.1) is 11.3 Å². The maximum absolute atomic E-state index is 12.3. The normalized spacial score (nSPS) is 10.7. The van der Waals surface area contributed by atoms with Crippen LogP contribution in [0.15, 0.2) is 58.1 Å². The van der Waals surface area contributed by atoms with Gasteiger partial charge in [-0.05, 0) is 35.7 Å². The molecule has 174 valence electrons. The Morgan fingerprint density at radius 1 is 1.21 bits per heavy atom. The Morgan fingerprint density at radius 3 is 2.62 bits per heavy atom. The zero-order valence-corrected chi connectivity index (χ0v) is 18.6. The summed E-state index contributed by atoms with van der Waals surface area (Å²) in [5.41, 5.74) is -0.954. The molecule has 0 fully saturated rings. The Hall–Kier alpha value is -4.48. The van der Waals surface area contributed by atoms with E-state index in [0.29, 0.717) is 0 Å². The average Bonchev–Trinajstić information content (AvgIpc) is 3.35. The fraction of sp³-hybridized carbons (Fsp3) is 0.0500. The van der Waals surface area contributed by atoms with Gasteiger partial charge in [0.25, 0.3) is 21.6 Å². The van der Waals surface area contributed by atoms with Crippen molar-refractivity contribution >= 4 is 50.3 Å². The minimum absolute atomic E-state index is 0.0212. The first kappa shape index (κ1) is 24.2. The number of hydrogen-bond acceptors (Lipinski definition) is 10. The van der Waals surface area contributed by atoms with Gasteiger partial charge in [-0.2, -0.15) is 5.26 Å². The predicted octanol–water partition coefficient (Wildman–Crippen LogP) is 2.83. The lowest BCUT2D eigenvalue weighted by Gasteiger charge is -2.11. The van der Waals surface area contributed by atoms with Gasteiger partial charge >= 0.3 is 5.97 Å². The second kappa shape index (κ2) is 9.98. The van der Waals surface area contributed by atoms with Crippen molar-refractivity contribution in [3.63, 3.8) is 0 Å². The summed E-state index contributed by atoms with van der Waals surface area (Å²) in [6.07, 6.45) is 0. The Balaban J connectivity index is 1.67. The number of aromatic hydroxyl groups is 1. The number of nitrogens with one attached hydrogen (secondary N) is 2. The summed E-state index contributed by atoms with van der Waals surface area (Å²) in [5.74, 6) is -2.48. The van der Waals surface area contributed by atoms with Crippen LogP contribution in [0.4, 0.5) is 17.1 Å². The van der Waals surface area contributed by atoms with Crippen LogP contribution in [0.5, 0.6) is 5.75 Å². The fourth-order valence-corrected chi connectivity index (χ4v) is 4.67. The molecule has 3 rings (SSSR count). The van der Waals surface area contributed by atoms with Crippen LogP contribution in [0.1, 0.15) is 15.9 Å². The smallest absolute Gasteiger partial charge is 0.342 e. The first-order valence-electron chi connectivity index (χ1n) is 9.15. The molecule has 0 unspecified atom stereocenters. The van der Waals surface area contributed by atoms with E-state index in [4.69, 9.17) is 10.00 Å². The summed E-state index contributed by atoms with van der Waals surface area (Å²) in [6, 6.07) is 11.2. The number of anilines is 2. The molecule has 1 heterocycles. The third-order valence-corrected chi connectivity index (χ3v) is 6.95. The van der Waals surface area contributed by atoms with Crippen LogP contribution in [0.2, 0.25) is 0 Å². The number of amides is 1. The number of ether oxygens (including phenoxy) is 1. The molecule has 3 aromatic rings. The van der Waals surface area contributed by atoms with Gasteiger partial charge in [-0.25, -0.2) is 13.2 Å². The molecule has 3 N–H and O–H groups in total. The van der Waals surface area contributed by atoms with Crippen LogP contribution < -0.4 is 10.0 Å². The SMILES string of the molecule is N#Cc1cc([N+](=O)[O-])ccc1NC(=O)COC(=O)c1cc(NS(=O)(=O)c2cccs2)ccc1O. The number of hydrogen-bond donors (Lipinski definition) is 3. The highest BCUT2D eigenvalue weighted by Crippen LogP contribution is 2.26. The van der Waals surface area contributed by atoms with Gasteiger partial charge in [0, 0.05) is 17.8 Å². The van der Waals surface area contributed by atoms with Crippen LogP contribution in [0.3, 0.4) is 0 Å². The molecule has 0 radical (unpaired) electrons. The quantitative estimate of drug-likeness (QED) is 0.180. The first-order chi connectivity index (χ1) is 16.1. The highest BCUT2D eigenvalue weighted by Gasteiger charge is 2.20. The molecule has 0 spiro atoms. The minimum Gasteiger partial charge on any atom is -0.507 e. The molecule has 2 aromatic carbocycles. The number of nitro benzene ring substituents is 1. The van der Waals surface area contributed by atoms with Gasteiger partial charge in [0.05, 0.1) is 16.2 Å². The van der Waals surface area contributed by atoms with E-state index in [1.165, 1.54) is 12.1 Å². The van der Waals surface area contributed by atoms with Crippen molar-refractivity contribution in [3.8, 4) is 11.8 Å². The Morgan fingerprint density at radius 2 is 1.97 bits per heavy atom. The summed E-state index contributed by atoms with van der Waals surface area (Å²) in [4.78, 5) is 34.6. The van der Waals surface area contributed by atoms with E-state index in [2.05, 4.69) is 10.0 Å². The predicted molar refractivity (Wildman–Crippen MR) is 120 cm³/mol. The number of non-ortho nitro benzene ring substituents is 1. The van der Waals surface area contributed by atoms with E-state index in [0.717, 1.165) is 41.7 Å². The highest BCUT2D eigenvalue weighted by atomic mass is 32.2. The van der Waals surface area contributed by atoms with Crippen molar-refractivity contribution < 1.29 is 32.8 Å². The van der Waals surface area contributed by atoms with E-state index >= 15 is 0 Å². The topological polar surface area (TPSA) is 189 Å². The number of benzene rings is 2. The maximum Gasteiger partial charge on any atom is 0.342 e.